The second-order valence-corrected chi connectivity index (χ2v) is 8.05. The van der Waals surface area contributed by atoms with E-state index in [-0.39, 0.29) is 5.91 Å². The van der Waals surface area contributed by atoms with E-state index < -0.39 is 0 Å². The fourth-order valence-corrected chi connectivity index (χ4v) is 4.01. The number of anilines is 1. The summed E-state index contributed by atoms with van der Waals surface area (Å²) in [5.74, 6) is 3.27. The van der Waals surface area contributed by atoms with Gasteiger partial charge in [0.1, 0.15) is 11.5 Å². The maximum Gasteiger partial charge on any atom is 0.255 e. The molecule has 154 valence electrons. The van der Waals surface area contributed by atoms with E-state index >= 15 is 0 Å². The molecule has 0 heterocycles. The van der Waals surface area contributed by atoms with Crippen LogP contribution in [0.1, 0.15) is 21.5 Å². The summed E-state index contributed by atoms with van der Waals surface area (Å²) in [4.78, 5) is 12.6. The minimum Gasteiger partial charge on any atom is -0.457 e. The molecule has 4 aromatic carbocycles. The van der Waals surface area contributed by atoms with Crippen LogP contribution in [-0.2, 0) is 11.5 Å². The maximum absolute atomic E-state index is 12.6. The molecule has 0 unspecified atom stereocenters. The van der Waals surface area contributed by atoms with Gasteiger partial charge in [0, 0.05) is 22.8 Å². The van der Waals surface area contributed by atoms with Gasteiger partial charge in [-0.15, -0.1) is 0 Å². The fourth-order valence-electron chi connectivity index (χ4n) is 3.05. The zero-order chi connectivity index (χ0) is 21.3. The number of hydrogen-bond donors (Lipinski definition) is 1. The van der Waals surface area contributed by atoms with E-state index in [2.05, 4.69) is 29.6 Å². The van der Waals surface area contributed by atoms with E-state index in [4.69, 9.17) is 4.74 Å². The van der Waals surface area contributed by atoms with E-state index in [1.807, 2.05) is 96.7 Å². The lowest BCUT2D eigenvalue weighted by atomic mass is 10.1. The summed E-state index contributed by atoms with van der Waals surface area (Å²) in [6.45, 7) is 0. The van der Waals surface area contributed by atoms with E-state index in [1.165, 1.54) is 11.1 Å². The molecular weight excluding hydrogens is 402 g/mol. The van der Waals surface area contributed by atoms with Crippen molar-refractivity contribution in [3.05, 3.63) is 126 Å². The number of benzene rings is 4. The molecule has 1 N–H and O–H groups in total. The number of carbonyl (C=O) groups is 1. The van der Waals surface area contributed by atoms with Crippen molar-refractivity contribution in [2.75, 3.05) is 5.32 Å². The van der Waals surface area contributed by atoms with Gasteiger partial charge in [-0.3, -0.25) is 4.79 Å². The highest BCUT2D eigenvalue weighted by atomic mass is 32.2. The highest BCUT2D eigenvalue weighted by Gasteiger charge is 2.07. The van der Waals surface area contributed by atoms with Gasteiger partial charge >= 0.3 is 0 Å². The van der Waals surface area contributed by atoms with Gasteiger partial charge in [0.25, 0.3) is 5.91 Å². The maximum atomic E-state index is 12.6. The molecule has 0 fully saturated rings. The first kappa shape index (κ1) is 20.8. The van der Waals surface area contributed by atoms with Crippen molar-refractivity contribution in [3.8, 4) is 11.5 Å². The normalized spacial score (nSPS) is 10.5. The molecule has 0 spiro atoms. The Morgan fingerprint density at radius 3 is 1.84 bits per heavy atom. The molecule has 0 aliphatic rings. The number of para-hydroxylation sites is 1. The summed E-state index contributed by atoms with van der Waals surface area (Å²) < 4.78 is 5.78. The molecule has 3 nitrogen and oxygen atoms in total. The molecule has 4 aromatic rings. The molecule has 0 atom stereocenters. The molecule has 4 rings (SSSR count). The first-order valence-electron chi connectivity index (χ1n) is 10.1. The molecule has 0 aliphatic heterocycles. The Labute approximate surface area is 187 Å². The number of hydrogen-bond acceptors (Lipinski definition) is 3. The highest BCUT2D eigenvalue weighted by Crippen LogP contribution is 2.23. The van der Waals surface area contributed by atoms with Crippen molar-refractivity contribution in [3.63, 3.8) is 0 Å². The Balaban J connectivity index is 1.28. The van der Waals surface area contributed by atoms with Crippen LogP contribution in [0.15, 0.2) is 109 Å². The number of rotatable bonds is 8. The first-order valence-corrected chi connectivity index (χ1v) is 11.3. The average molecular weight is 426 g/mol. The van der Waals surface area contributed by atoms with Crippen molar-refractivity contribution in [1.29, 1.82) is 0 Å². The number of amides is 1. The number of carbonyl (C=O) groups excluding carboxylic acids is 1. The molecular formula is C27H23NO2S. The molecule has 0 bridgehead atoms. The summed E-state index contributed by atoms with van der Waals surface area (Å²) in [5.41, 5.74) is 3.90. The van der Waals surface area contributed by atoms with Gasteiger partial charge in [-0.1, -0.05) is 60.7 Å². The number of ether oxygens (including phenoxy) is 1. The topological polar surface area (TPSA) is 38.3 Å². The van der Waals surface area contributed by atoms with Crippen LogP contribution in [0.5, 0.6) is 11.5 Å². The molecule has 31 heavy (non-hydrogen) atoms. The Morgan fingerprint density at radius 1 is 0.645 bits per heavy atom. The SMILES string of the molecule is O=C(Nc1ccc(Oc2ccccc2)cc1)c1ccc(CSCc2ccccc2)cc1. The second kappa shape index (κ2) is 10.5. The highest BCUT2D eigenvalue weighted by molar-refractivity contribution is 7.97. The zero-order valence-electron chi connectivity index (χ0n) is 17.0. The number of thioether (sulfide) groups is 1. The third-order valence-electron chi connectivity index (χ3n) is 4.69. The van der Waals surface area contributed by atoms with Crippen molar-refractivity contribution < 1.29 is 9.53 Å². The monoisotopic (exact) mass is 425 g/mol. The minimum absolute atomic E-state index is 0.125. The van der Waals surface area contributed by atoms with Gasteiger partial charge in [0.05, 0.1) is 0 Å². The van der Waals surface area contributed by atoms with Crippen LogP contribution in [0, 0.1) is 0 Å². The van der Waals surface area contributed by atoms with E-state index in [1.54, 1.807) is 0 Å². The molecule has 0 radical (unpaired) electrons. The lowest BCUT2D eigenvalue weighted by Gasteiger charge is -2.09. The van der Waals surface area contributed by atoms with E-state index in [9.17, 15) is 4.79 Å². The molecule has 1 amide bonds. The summed E-state index contributed by atoms with van der Waals surface area (Å²) >= 11 is 1.87. The Kier molecular flexibility index (Phi) is 7.04. The third kappa shape index (κ3) is 6.24. The molecule has 0 aliphatic carbocycles. The molecule has 0 aromatic heterocycles. The summed E-state index contributed by atoms with van der Waals surface area (Å²) in [6.07, 6.45) is 0. The van der Waals surface area contributed by atoms with Crippen LogP contribution >= 0.6 is 11.8 Å². The van der Waals surface area contributed by atoms with Crippen LogP contribution in [-0.4, -0.2) is 5.91 Å². The predicted octanol–water partition coefficient (Wildman–Crippen LogP) is 7.16. The standard InChI is InChI=1S/C27H23NO2S/c29-27(28-24-15-17-26(18-16-24)30-25-9-5-2-6-10-25)23-13-11-22(12-14-23)20-31-19-21-7-3-1-4-8-21/h1-18H,19-20H2,(H,28,29). The van der Waals surface area contributed by atoms with Gasteiger partial charge in [-0.2, -0.15) is 11.8 Å². The summed E-state index contributed by atoms with van der Waals surface area (Å²) in [5, 5.41) is 2.93. The fraction of sp³-hybridized carbons (Fsp3) is 0.0741. The Bertz CT molecular complexity index is 1100. The van der Waals surface area contributed by atoms with Crippen LogP contribution < -0.4 is 10.1 Å². The van der Waals surface area contributed by atoms with Crippen molar-refractivity contribution in [1.82, 2.24) is 0 Å². The molecule has 0 saturated heterocycles. The quantitative estimate of drug-likeness (QED) is 0.325. The van der Waals surface area contributed by atoms with Gasteiger partial charge in [0.2, 0.25) is 0 Å². The number of nitrogens with one attached hydrogen (secondary N) is 1. The van der Waals surface area contributed by atoms with E-state index in [0.717, 1.165) is 28.7 Å². The zero-order valence-corrected chi connectivity index (χ0v) is 17.8. The van der Waals surface area contributed by atoms with Crippen molar-refractivity contribution in [2.24, 2.45) is 0 Å². The average Bonchev–Trinajstić information content (AvgIpc) is 2.82. The minimum atomic E-state index is -0.125. The van der Waals surface area contributed by atoms with Crippen LogP contribution in [0.3, 0.4) is 0 Å². The van der Waals surface area contributed by atoms with Crippen LogP contribution in [0.2, 0.25) is 0 Å². The van der Waals surface area contributed by atoms with Gasteiger partial charge < -0.3 is 10.1 Å². The largest absolute Gasteiger partial charge is 0.457 e. The molecule has 4 heteroatoms. The molecule has 0 saturated carbocycles. The van der Waals surface area contributed by atoms with Crippen LogP contribution in [0.25, 0.3) is 0 Å². The lowest BCUT2D eigenvalue weighted by molar-refractivity contribution is 0.102. The summed E-state index contributed by atoms with van der Waals surface area (Å²) in [6, 6.07) is 35.2. The Hall–Kier alpha value is -3.50. The van der Waals surface area contributed by atoms with Crippen LogP contribution in [0.4, 0.5) is 5.69 Å². The van der Waals surface area contributed by atoms with Crippen molar-refractivity contribution >= 4 is 23.4 Å². The lowest BCUT2D eigenvalue weighted by Crippen LogP contribution is -2.11. The van der Waals surface area contributed by atoms with Gasteiger partial charge in [-0.25, -0.2) is 0 Å². The predicted molar refractivity (Wildman–Crippen MR) is 129 cm³/mol. The summed E-state index contributed by atoms with van der Waals surface area (Å²) in [7, 11) is 0. The van der Waals surface area contributed by atoms with Crippen molar-refractivity contribution in [2.45, 2.75) is 11.5 Å². The van der Waals surface area contributed by atoms with E-state index in [0.29, 0.717) is 5.56 Å². The Morgan fingerprint density at radius 2 is 1.19 bits per heavy atom. The second-order valence-electron chi connectivity index (χ2n) is 7.07. The van der Waals surface area contributed by atoms with Gasteiger partial charge in [-0.05, 0) is 59.7 Å². The third-order valence-corrected chi connectivity index (χ3v) is 5.76. The van der Waals surface area contributed by atoms with Gasteiger partial charge in [0.15, 0.2) is 0 Å². The smallest absolute Gasteiger partial charge is 0.255 e. The first-order chi connectivity index (χ1) is 15.3.